The fourth-order valence-corrected chi connectivity index (χ4v) is 0.888. The summed E-state index contributed by atoms with van der Waals surface area (Å²) in [5.74, 6) is 0. The molecule has 54 valence electrons. The molecule has 0 aliphatic rings. The summed E-state index contributed by atoms with van der Waals surface area (Å²) in [6.45, 7) is 1.89. The molecule has 3 heteroatoms. The predicted molar refractivity (Wildman–Crippen MR) is 41.3 cm³/mol. The fraction of sp³-hybridized carbons (Fsp3) is 0.286. The standard InChI is InChI=1S/C7H10N2O/c1-5-3-4-9-7(10)6(5)8-2/h3-4,8H,1-2H3,(H,9,10). The summed E-state index contributed by atoms with van der Waals surface area (Å²) >= 11 is 0. The molecule has 0 spiro atoms. The topological polar surface area (TPSA) is 44.9 Å². The van der Waals surface area contributed by atoms with E-state index in [1.54, 1.807) is 13.2 Å². The molecule has 0 bridgehead atoms. The van der Waals surface area contributed by atoms with E-state index < -0.39 is 0 Å². The molecule has 1 rings (SSSR count). The molecular formula is C7H10N2O. The lowest BCUT2D eigenvalue weighted by Crippen LogP contribution is -2.11. The van der Waals surface area contributed by atoms with Crippen LogP contribution in [0.3, 0.4) is 0 Å². The molecule has 0 saturated heterocycles. The van der Waals surface area contributed by atoms with Crippen LogP contribution in [0, 0.1) is 6.92 Å². The maximum absolute atomic E-state index is 11.0. The van der Waals surface area contributed by atoms with Crippen molar-refractivity contribution in [1.29, 1.82) is 0 Å². The van der Waals surface area contributed by atoms with Crippen LogP contribution in [0.1, 0.15) is 5.56 Å². The first-order valence-corrected chi connectivity index (χ1v) is 3.11. The number of anilines is 1. The van der Waals surface area contributed by atoms with Gasteiger partial charge in [0.25, 0.3) is 5.56 Å². The Bertz CT molecular complexity index is 277. The van der Waals surface area contributed by atoms with Crippen molar-refractivity contribution in [2.24, 2.45) is 0 Å². The average Bonchev–Trinajstić information content (AvgIpc) is 1.88. The normalized spacial score (nSPS) is 9.40. The van der Waals surface area contributed by atoms with Crippen LogP contribution in [-0.4, -0.2) is 12.0 Å². The van der Waals surface area contributed by atoms with Crippen molar-refractivity contribution in [1.82, 2.24) is 4.98 Å². The zero-order valence-corrected chi connectivity index (χ0v) is 6.06. The summed E-state index contributed by atoms with van der Waals surface area (Å²) in [4.78, 5) is 13.5. The fourth-order valence-electron chi connectivity index (χ4n) is 0.888. The average molecular weight is 138 g/mol. The van der Waals surface area contributed by atoms with Crippen LogP contribution in [0.2, 0.25) is 0 Å². The van der Waals surface area contributed by atoms with Crippen molar-refractivity contribution in [2.75, 3.05) is 12.4 Å². The first kappa shape index (κ1) is 6.86. The molecule has 0 radical (unpaired) electrons. The minimum atomic E-state index is -0.0671. The zero-order chi connectivity index (χ0) is 7.56. The van der Waals surface area contributed by atoms with Gasteiger partial charge in [-0.05, 0) is 18.6 Å². The molecule has 2 N–H and O–H groups in total. The molecule has 0 aliphatic carbocycles. The third-order valence-corrected chi connectivity index (χ3v) is 1.42. The van der Waals surface area contributed by atoms with Crippen molar-refractivity contribution in [3.05, 3.63) is 28.2 Å². The van der Waals surface area contributed by atoms with Crippen LogP contribution in [0.5, 0.6) is 0 Å². The van der Waals surface area contributed by atoms with E-state index in [4.69, 9.17) is 0 Å². The summed E-state index contributed by atoms with van der Waals surface area (Å²) in [5.41, 5.74) is 1.54. The summed E-state index contributed by atoms with van der Waals surface area (Å²) < 4.78 is 0. The molecule has 0 unspecified atom stereocenters. The summed E-state index contributed by atoms with van der Waals surface area (Å²) in [5, 5.41) is 2.82. The number of H-pyrrole nitrogens is 1. The van der Waals surface area contributed by atoms with E-state index in [0.717, 1.165) is 5.56 Å². The number of aromatic amines is 1. The highest BCUT2D eigenvalue weighted by atomic mass is 16.1. The smallest absolute Gasteiger partial charge is 0.271 e. The maximum atomic E-state index is 11.0. The quantitative estimate of drug-likeness (QED) is 0.600. The Morgan fingerprint density at radius 2 is 2.30 bits per heavy atom. The molecule has 0 fully saturated rings. The van der Waals surface area contributed by atoms with E-state index in [1.165, 1.54) is 0 Å². The Morgan fingerprint density at radius 3 is 2.70 bits per heavy atom. The highest BCUT2D eigenvalue weighted by Crippen LogP contribution is 2.03. The third kappa shape index (κ3) is 1.03. The van der Waals surface area contributed by atoms with Gasteiger partial charge in [-0.25, -0.2) is 0 Å². The molecule has 1 heterocycles. The molecule has 0 aromatic carbocycles. The highest BCUT2D eigenvalue weighted by Gasteiger charge is 1.97. The lowest BCUT2D eigenvalue weighted by Gasteiger charge is -2.00. The van der Waals surface area contributed by atoms with Gasteiger partial charge in [0, 0.05) is 13.2 Å². The van der Waals surface area contributed by atoms with Crippen molar-refractivity contribution < 1.29 is 0 Å². The number of nitrogens with one attached hydrogen (secondary N) is 2. The summed E-state index contributed by atoms with van der Waals surface area (Å²) in [6.07, 6.45) is 1.64. The van der Waals surface area contributed by atoms with Crippen LogP contribution >= 0.6 is 0 Å². The monoisotopic (exact) mass is 138 g/mol. The molecule has 0 amide bonds. The largest absolute Gasteiger partial charge is 0.383 e. The molecule has 0 aliphatic heterocycles. The van der Waals surface area contributed by atoms with Gasteiger partial charge in [0.15, 0.2) is 0 Å². The Hall–Kier alpha value is -1.25. The second kappa shape index (κ2) is 2.56. The van der Waals surface area contributed by atoms with Crippen LogP contribution in [0.15, 0.2) is 17.1 Å². The summed E-state index contributed by atoms with van der Waals surface area (Å²) in [7, 11) is 1.73. The van der Waals surface area contributed by atoms with Crippen molar-refractivity contribution in [3.63, 3.8) is 0 Å². The zero-order valence-electron chi connectivity index (χ0n) is 6.06. The van der Waals surface area contributed by atoms with Crippen LogP contribution in [-0.2, 0) is 0 Å². The summed E-state index contributed by atoms with van der Waals surface area (Å²) in [6, 6.07) is 1.85. The van der Waals surface area contributed by atoms with Gasteiger partial charge in [-0.15, -0.1) is 0 Å². The second-order valence-corrected chi connectivity index (χ2v) is 2.11. The van der Waals surface area contributed by atoms with E-state index in [9.17, 15) is 4.79 Å². The Balaban J connectivity index is 3.31. The Morgan fingerprint density at radius 1 is 1.60 bits per heavy atom. The lowest BCUT2D eigenvalue weighted by molar-refractivity contribution is 1.20. The number of rotatable bonds is 1. The van der Waals surface area contributed by atoms with Crippen LogP contribution in [0.25, 0.3) is 0 Å². The molecule has 0 saturated carbocycles. The first-order chi connectivity index (χ1) is 4.75. The molecule has 10 heavy (non-hydrogen) atoms. The van der Waals surface area contributed by atoms with Gasteiger partial charge in [0.2, 0.25) is 0 Å². The predicted octanol–water partition coefficient (Wildman–Crippen LogP) is 0.725. The number of hydrogen-bond donors (Lipinski definition) is 2. The third-order valence-electron chi connectivity index (χ3n) is 1.42. The first-order valence-electron chi connectivity index (χ1n) is 3.11. The number of pyridine rings is 1. The number of aryl methyl sites for hydroxylation is 1. The van der Waals surface area contributed by atoms with E-state index in [0.29, 0.717) is 5.69 Å². The minimum absolute atomic E-state index is 0.0671. The van der Waals surface area contributed by atoms with Crippen LogP contribution in [0.4, 0.5) is 5.69 Å². The van der Waals surface area contributed by atoms with Gasteiger partial charge in [-0.1, -0.05) is 0 Å². The van der Waals surface area contributed by atoms with Gasteiger partial charge in [-0.2, -0.15) is 0 Å². The lowest BCUT2D eigenvalue weighted by atomic mass is 10.2. The SMILES string of the molecule is CNc1c(C)cc[nH]c1=O. The highest BCUT2D eigenvalue weighted by molar-refractivity contribution is 5.46. The molecule has 1 aromatic heterocycles. The van der Waals surface area contributed by atoms with E-state index in [2.05, 4.69) is 10.3 Å². The molecule has 0 atom stereocenters. The van der Waals surface area contributed by atoms with Crippen molar-refractivity contribution in [2.45, 2.75) is 6.92 Å². The van der Waals surface area contributed by atoms with Gasteiger partial charge in [0.1, 0.15) is 5.69 Å². The molecule has 3 nitrogen and oxygen atoms in total. The Labute approximate surface area is 59.1 Å². The van der Waals surface area contributed by atoms with Crippen molar-refractivity contribution in [3.8, 4) is 0 Å². The van der Waals surface area contributed by atoms with Gasteiger partial charge in [-0.3, -0.25) is 4.79 Å². The van der Waals surface area contributed by atoms with Gasteiger partial charge in [0.05, 0.1) is 0 Å². The number of aromatic nitrogens is 1. The molecule has 1 aromatic rings. The van der Waals surface area contributed by atoms with Crippen LogP contribution < -0.4 is 10.9 Å². The maximum Gasteiger partial charge on any atom is 0.271 e. The Kier molecular flexibility index (Phi) is 1.76. The molecular weight excluding hydrogens is 128 g/mol. The van der Waals surface area contributed by atoms with E-state index in [-0.39, 0.29) is 5.56 Å². The second-order valence-electron chi connectivity index (χ2n) is 2.11. The minimum Gasteiger partial charge on any atom is -0.383 e. The van der Waals surface area contributed by atoms with Gasteiger partial charge < -0.3 is 10.3 Å². The van der Waals surface area contributed by atoms with Crippen molar-refractivity contribution >= 4 is 5.69 Å². The van der Waals surface area contributed by atoms with Gasteiger partial charge >= 0.3 is 0 Å². The van der Waals surface area contributed by atoms with E-state index in [1.807, 2.05) is 13.0 Å². The van der Waals surface area contributed by atoms with E-state index >= 15 is 0 Å². The number of hydrogen-bond acceptors (Lipinski definition) is 2.